The predicted molar refractivity (Wildman–Crippen MR) is 66.1 cm³/mol. The third-order valence-electron chi connectivity index (χ3n) is 2.24. The van der Waals surface area contributed by atoms with Crippen molar-refractivity contribution in [3.05, 3.63) is 31.0 Å². The van der Waals surface area contributed by atoms with E-state index in [1.165, 1.54) is 11.0 Å². The zero-order chi connectivity index (χ0) is 13.2. The van der Waals surface area contributed by atoms with Crippen LogP contribution in [0.4, 0.5) is 5.69 Å². The molecule has 18 heavy (non-hydrogen) atoms. The van der Waals surface area contributed by atoms with Gasteiger partial charge in [-0.25, -0.2) is 14.6 Å². The highest BCUT2D eigenvalue weighted by atomic mass is 16.2. The molecule has 2 rings (SSSR count). The second-order valence-electron chi connectivity index (χ2n) is 4.42. The Morgan fingerprint density at radius 2 is 2.22 bits per heavy atom. The van der Waals surface area contributed by atoms with E-state index in [-0.39, 0.29) is 5.91 Å². The van der Waals surface area contributed by atoms with Crippen molar-refractivity contribution < 1.29 is 4.79 Å². The minimum atomic E-state index is -0.926. The maximum atomic E-state index is 11.7. The van der Waals surface area contributed by atoms with Crippen molar-refractivity contribution in [1.29, 1.82) is 0 Å². The molecule has 0 saturated heterocycles. The number of nitrogens with zero attached hydrogens (tertiary/aromatic N) is 4. The summed E-state index contributed by atoms with van der Waals surface area (Å²) in [7, 11) is 0. The molecule has 7 heteroatoms. The minimum absolute atomic E-state index is 0.266. The topological polar surface area (TPSA) is 98.7 Å². The van der Waals surface area contributed by atoms with Crippen LogP contribution in [0.1, 0.15) is 13.8 Å². The number of carbonyl (C=O) groups is 1. The summed E-state index contributed by atoms with van der Waals surface area (Å²) in [5.74, 6) is 0.357. The highest BCUT2D eigenvalue weighted by molar-refractivity contribution is 5.97. The molecule has 94 valence electrons. The quantitative estimate of drug-likeness (QED) is 0.813. The minimum Gasteiger partial charge on any atom is -0.323 e. The summed E-state index contributed by atoms with van der Waals surface area (Å²) in [5.41, 5.74) is 5.34. The van der Waals surface area contributed by atoms with Gasteiger partial charge >= 0.3 is 0 Å². The lowest BCUT2D eigenvalue weighted by Gasteiger charge is -2.17. The van der Waals surface area contributed by atoms with Gasteiger partial charge in [0.1, 0.15) is 12.7 Å². The molecule has 0 fully saturated rings. The first-order valence-corrected chi connectivity index (χ1v) is 5.38. The maximum Gasteiger partial charge on any atom is 0.243 e. The number of anilines is 1. The van der Waals surface area contributed by atoms with Gasteiger partial charge in [-0.2, -0.15) is 5.10 Å². The molecule has 0 atom stereocenters. The molecule has 2 heterocycles. The summed E-state index contributed by atoms with van der Waals surface area (Å²) in [6, 6.07) is 3.46. The van der Waals surface area contributed by atoms with E-state index in [1.54, 1.807) is 38.5 Å². The Kier molecular flexibility index (Phi) is 3.07. The predicted octanol–water partition coefficient (Wildman–Crippen LogP) is 0.338. The van der Waals surface area contributed by atoms with Crippen LogP contribution in [0.5, 0.6) is 0 Å². The lowest BCUT2D eigenvalue weighted by Crippen LogP contribution is -2.45. The fourth-order valence-electron chi connectivity index (χ4n) is 1.21. The van der Waals surface area contributed by atoms with Gasteiger partial charge < -0.3 is 11.1 Å². The summed E-state index contributed by atoms with van der Waals surface area (Å²) >= 11 is 0. The van der Waals surface area contributed by atoms with Crippen molar-refractivity contribution in [1.82, 2.24) is 19.7 Å². The number of nitrogens with two attached hydrogens (primary N) is 1. The number of aromatic nitrogens is 4. The molecule has 0 bridgehead atoms. The van der Waals surface area contributed by atoms with Crippen LogP contribution in [-0.4, -0.2) is 31.2 Å². The molecule has 7 nitrogen and oxygen atoms in total. The molecule has 0 aromatic carbocycles. The van der Waals surface area contributed by atoms with E-state index >= 15 is 0 Å². The zero-order valence-electron chi connectivity index (χ0n) is 10.2. The highest BCUT2D eigenvalue weighted by Crippen LogP contribution is 2.10. The van der Waals surface area contributed by atoms with Crippen molar-refractivity contribution in [3.63, 3.8) is 0 Å². The summed E-state index contributed by atoms with van der Waals surface area (Å²) in [5, 5.41) is 6.63. The molecule has 3 N–H and O–H groups in total. The molecule has 0 saturated carbocycles. The van der Waals surface area contributed by atoms with Crippen LogP contribution in [0, 0.1) is 0 Å². The van der Waals surface area contributed by atoms with Crippen molar-refractivity contribution in [3.8, 4) is 5.82 Å². The van der Waals surface area contributed by atoms with Gasteiger partial charge in [-0.05, 0) is 26.0 Å². The van der Waals surface area contributed by atoms with Crippen LogP contribution in [0.3, 0.4) is 0 Å². The van der Waals surface area contributed by atoms with E-state index in [0.717, 1.165) is 0 Å². The molecule has 0 unspecified atom stereocenters. The number of hydrogen-bond donors (Lipinski definition) is 2. The van der Waals surface area contributed by atoms with Crippen molar-refractivity contribution >= 4 is 11.6 Å². The van der Waals surface area contributed by atoms with Crippen LogP contribution in [-0.2, 0) is 4.79 Å². The number of pyridine rings is 1. The van der Waals surface area contributed by atoms with Crippen molar-refractivity contribution in [2.24, 2.45) is 5.73 Å². The van der Waals surface area contributed by atoms with Gasteiger partial charge in [0, 0.05) is 0 Å². The Morgan fingerprint density at radius 3 is 2.72 bits per heavy atom. The second kappa shape index (κ2) is 4.53. The number of carbonyl (C=O) groups excluding carboxylic acids is 1. The second-order valence-corrected chi connectivity index (χ2v) is 4.42. The molecule has 0 radical (unpaired) electrons. The fraction of sp³-hybridized carbons (Fsp3) is 0.273. The Labute approximate surface area is 104 Å². The van der Waals surface area contributed by atoms with Crippen LogP contribution >= 0.6 is 0 Å². The highest BCUT2D eigenvalue weighted by Gasteiger charge is 2.21. The van der Waals surface area contributed by atoms with Gasteiger partial charge in [-0.1, -0.05) is 0 Å². The standard InChI is InChI=1S/C11H14N6O/c1-11(2,12)10(18)16-8-3-4-9(14-5-8)17-7-13-6-15-17/h3-7H,12H2,1-2H3,(H,16,18). The first kappa shape index (κ1) is 12.2. The normalized spacial score (nSPS) is 11.3. The molecule has 0 spiro atoms. The Bertz CT molecular complexity index is 526. The fourth-order valence-corrected chi connectivity index (χ4v) is 1.21. The van der Waals surface area contributed by atoms with Crippen molar-refractivity contribution in [2.45, 2.75) is 19.4 Å². The van der Waals surface area contributed by atoms with Gasteiger partial charge in [0.2, 0.25) is 5.91 Å². The van der Waals surface area contributed by atoms with E-state index in [4.69, 9.17) is 5.73 Å². The Morgan fingerprint density at radius 1 is 1.44 bits per heavy atom. The molecule has 2 aromatic heterocycles. The van der Waals surface area contributed by atoms with E-state index in [0.29, 0.717) is 11.5 Å². The molecule has 0 aliphatic rings. The van der Waals surface area contributed by atoms with E-state index in [9.17, 15) is 4.79 Å². The number of rotatable bonds is 3. The van der Waals surface area contributed by atoms with E-state index in [2.05, 4.69) is 20.4 Å². The van der Waals surface area contributed by atoms with Crippen LogP contribution in [0.15, 0.2) is 31.0 Å². The monoisotopic (exact) mass is 246 g/mol. The van der Waals surface area contributed by atoms with Crippen molar-refractivity contribution in [2.75, 3.05) is 5.32 Å². The molecule has 0 aliphatic heterocycles. The van der Waals surface area contributed by atoms with E-state index in [1.807, 2.05) is 0 Å². The van der Waals surface area contributed by atoms with Gasteiger partial charge in [0.05, 0.1) is 17.4 Å². The SMILES string of the molecule is CC(C)(N)C(=O)Nc1ccc(-n2cncn2)nc1. The largest absolute Gasteiger partial charge is 0.323 e. The molecular weight excluding hydrogens is 232 g/mol. The lowest BCUT2D eigenvalue weighted by atomic mass is 10.1. The molecular formula is C11H14N6O. The first-order valence-electron chi connectivity index (χ1n) is 5.38. The average molecular weight is 246 g/mol. The summed E-state index contributed by atoms with van der Waals surface area (Å²) in [6.45, 7) is 3.28. The van der Waals surface area contributed by atoms with Gasteiger partial charge in [0.15, 0.2) is 5.82 Å². The third kappa shape index (κ3) is 2.69. The van der Waals surface area contributed by atoms with Gasteiger partial charge in [-0.3, -0.25) is 4.79 Å². The molecule has 2 aromatic rings. The summed E-state index contributed by atoms with van der Waals surface area (Å²) < 4.78 is 1.53. The number of amides is 1. The summed E-state index contributed by atoms with van der Waals surface area (Å²) in [4.78, 5) is 19.6. The maximum absolute atomic E-state index is 11.7. The Hall–Kier alpha value is -2.28. The van der Waals surface area contributed by atoms with Gasteiger partial charge in [0.25, 0.3) is 0 Å². The van der Waals surface area contributed by atoms with E-state index < -0.39 is 5.54 Å². The first-order chi connectivity index (χ1) is 8.47. The Balaban J connectivity index is 2.12. The van der Waals surface area contributed by atoms with Gasteiger partial charge in [-0.15, -0.1) is 0 Å². The third-order valence-corrected chi connectivity index (χ3v) is 2.24. The van der Waals surface area contributed by atoms with Crippen LogP contribution in [0.2, 0.25) is 0 Å². The molecule has 0 aliphatic carbocycles. The smallest absolute Gasteiger partial charge is 0.243 e. The number of hydrogen-bond acceptors (Lipinski definition) is 5. The summed E-state index contributed by atoms with van der Waals surface area (Å²) in [6.07, 6.45) is 4.51. The van der Waals surface area contributed by atoms with Crippen LogP contribution in [0.25, 0.3) is 5.82 Å². The number of nitrogens with one attached hydrogen (secondary N) is 1. The van der Waals surface area contributed by atoms with Crippen LogP contribution < -0.4 is 11.1 Å². The average Bonchev–Trinajstić information content (AvgIpc) is 2.82. The lowest BCUT2D eigenvalue weighted by molar-refractivity contribution is -0.120. The zero-order valence-corrected chi connectivity index (χ0v) is 10.2. The molecule has 1 amide bonds.